The van der Waals surface area contributed by atoms with Gasteiger partial charge >= 0.3 is 6.01 Å². The summed E-state index contributed by atoms with van der Waals surface area (Å²) in [6, 6.07) is 0.835. The standard InChI is InChI=1S/C14H25N5O/c1-14(2)8-6-10(7-9-14)19(4)12-16-11(15-3)17-13(18-12)20-5/h10H,6-9H2,1-5H3,(H,15,16,17,18). The van der Waals surface area contributed by atoms with Gasteiger partial charge < -0.3 is 15.0 Å². The van der Waals surface area contributed by atoms with Crippen molar-refractivity contribution in [2.45, 2.75) is 45.6 Å². The van der Waals surface area contributed by atoms with Crippen molar-refractivity contribution < 1.29 is 4.74 Å². The SMILES string of the molecule is CNc1nc(OC)nc(N(C)C2CCC(C)(C)CC2)n1. The fourth-order valence-electron chi connectivity index (χ4n) is 2.64. The maximum atomic E-state index is 5.14. The van der Waals surface area contributed by atoms with Crippen molar-refractivity contribution in [1.82, 2.24) is 15.0 Å². The summed E-state index contributed by atoms with van der Waals surface area (Å²) in [6.07, 6.45) is 4.82. The zero-order chi connectivity index (χ0) is 14.8. The summed E-state index contributed by atoms with van der Waals surface area (Å²) in [4.78, 5) is 15.1. The first-order chi connectivity index (χ1) is 9.45. The molecule has 1 heterocycles. The number of nitrogens with one attached hydrogen (secondary N) is 1. The number of hydrogen-bond donors (Lipinski definition) is 1. The predicted octanol–water partition coefficient (Wildman–Crippen LogP) is 2.33. The zero-order valence-corrected chi connectivity index (χ0v) is 13.1. The molecule has 1 fully saturated rings. The molecule has 0 atom stereocenters. The minimum Gasteiger partial charge on any atom is -0.467 e. The van der Waals surface area contributed by atoms with Crippen LogP contribution in [-0.2, 0) is 0 Å². The molecule has 20 heavy (non-hydrogen) atoms. The number of hydrogen-bond acceptors (Lipinski definition) is 6. The largest absolute Gasteiger partial charge is 0.467 e. The lowest BCUT2D eigenvalue weighted by atomic mass is 9.75. The van der Waals surface area contributed by atoms with Crippen molar-refractivity contribution >= 4 is 11.9 Å². The van der Waals surface area contributed by atoms with E-state index >= 15 is 0 Å². The van der Waals surface area contributed by atoms with Crippen LogP contribution in [0.15, 0.2) is 0 Å². The molecule has 0 bridgehead atoms. The minimum atomic E-state index is 0.349. The highest BCUT2D eigenvalue weighted by molar-refractivity contribution is 5.38. The summed E-state index contributed by atoms with van der Waals surface area (Å²) in [6.45, 7) is 4.68. The summed E-state index contributed by atoms with van der Waals surface area (Å²) in [5.41, 5.74) is 0.463. The number of anilines is 2. The molecule has 0 amide bonds. The molecular weight excluding hydrogens is 254 g/mol. The van der Waals surface area contributed by atoms with Gasteiger partial charge in [-0.25, -0.2) is 0 Å². The van der Waals surface area contributed by atoms with Crippen LogP contribution in [0.1, 0.15) is 39.5 Å². The van der Waals surface area contributed by atoms with E-state index < -0.39 is 0 Å². The first-order valence-corrected chi connectivity index (χ1v) is 7.16. The van der Waals surface area contributed by atoms with Gasteiger partial charge in [-0.2, -0.15) is 15.0 Å². The molecule has 1 aliphatic carbocycles. The molecule has 6 nitrogen and oxygen atoms in total. The predicted molar refractivity (Wildman–Crippen MR) is 80.4 cm³/mol. The molecule has 1 aromatic heterocycles. The summed E-state index contributed by atoms with van der Waals surface area (Å²) in [5, 5.41) is 2.94. The third-order valence-electron chi connectivity index (χ3n) is 4.18. The van der Waals surface area contributed by atoms with E-state index in [0.717, 1.165) is 0 Å². The molecule has 2 rings (SSSR count). The quantitative estimate of drug-likeness (QED) is 0.912. The van der Waals surface area contributed by atoms with E-state index in [1.54, 1.807) is 14.2 Å². The maximum absolute atomic E-state index is 5.14. The Morgan fingerprint density at radius 2 is 1.85 bits per heavy atom. The highest BCUT2D eigenvalue weighted by Gasteiger charge is 2.30. The molecule has 1 aromatic rings. The van der Waals surface area contributed by atoms with Crippen molar-refractivity contribution in [2.24, 2.45) is 5.41 Å². The van der Waals surface area contributed by atoms with Gasteiger partial charge in [0, 0.05) is 20.1 Å². The highest BCUT2D eigenvalue weighted by Crippen LogP contribution is 2.37. The number of ether oxygens (including phenoxy) is 1. The van der Waals surface area contributed by atoms with E-state index in [0.29, 0.717) is 29.4 Å². The van der Waals surface area contributed by atoms with Crippen LogP contribution in [0.5, 0.6) is 6.01 Å². The second kappa shape index (κ2) is 5.81. The van der Waals surface area contributed by atoms with Gasteiger partial charge in [0.1, 0.15) is 0 Å². The van der Waals surface area contributed by atoms with Gasteiger partial charge in [0.25, 0.3) is 0 Å². The van der Waals surface area contributed by atoms with Crippen LogP contribution in [0.25, 0.3) is 0 Å². The topological polar surface area (TPSA) is 63.2 Å². The van der Waals surface area contributed by atoms with Gasteiger partial charge in [-0.15, -0.1) is 0 Å². The van der Waals surface area contributed by atoms with Crippen LogP contribution in [0.4, 0.5) is 11.9 Å². The van der Waals surface area contributed by atoms with Crippen LogP contribution >= 0.6 is 0 Å². The molecule has 0 radical (unpaired) electrons. The van der Waals surface area contributed by atoms with Crippen molar-refractivity contribution in [3.8, 4) is 6.01 Å². The van der Waals surface area contributed by atoms with E-state index in [1.807, 2.05) is 0 Å². The lowest BCUT2D eigenvalue weighted by Crippen LogP contribution is -2.38. The summed E-state index contributed by atoms with van der Waals surface area (Å²) < 4.78 is 5.14. The average molecular weight is 279 g/mol. The number of aromatic nitrogens is 3. The van der Waals surface area contributed by atoms with E-state index in [1.165, 1.54) is 25.7 Å². The molecule has 0 unspecified atom stereocenters. The summed E-state index contributed by atoms with van der Waals surface area (Å²) in [7, 11) is 5.42. The van der Waals surface area contributed by atoms with E-state index in [4.69, 9.17) is 4.74 Å². The molecule has 0 saturated heterocycles. The molecule has 112 valence electrons. The van der Waals surface area contributed by atoms with Gasteiger partial charge in [-0.3, -0.25) is 0 Å². The first-order valence-electron chi connectivity index (χ1n) is 7.16. The molecule has 0 spiro atoms. The second-order valence-electron chi connectivity index (χ2n) is 6.20. The lowest BCUT2D eigenvalue weighted by molar-refractivity contribution is 0.221. The Kier molecular flexibility index (Phi) is 4.30. The monoisotopic (exact) mass is 279 g/mol. The summed E-state index contributed by atoms with van der Waals surface area (Å²) >= 11 is 0. The maximum Gasteiger partial charge on any atom is 0.322 e. The average Bonchev–Trinajstić information content (AvgIpc) is 2.46. The highest BCUT2D eigenvalue weighted by atomic mass is 16.5. The third-order valence-corrected chi connectivity index (χ3v) is 4.18. The van der Waals surface area contributed by atoms with E-state index in [9.17, 15) is 0 Å². The van der Waals surface area contributed by atoms with Gasteiger partial charge in [0.15, 0.2) is 0 Å². The van der Waals surface area contributed by atoms with Gasteiger partial charge in [0.05, 0.1) is 7.11 Å². The molecule has 1 saturated carbocycles. The Labute approximate surface area is 121 Å². The van der Waals surface area contributed by atoms with Gasteiger partial charge in [-0.1, -0.05) is 13.8 Å². The molecule has 1 N–H and O–H groups in total. The van der Waals surface area contributed by atoms with E-state index in [2.05, 4.69) is 46.1 Å². The van der Waals surface area contributed by atoms with Crippen LogP contribution < -0.4 is 15.0 Å². The number of rotatable bonds is 4. The minimum absolute atomic E-state index is 0.349. The smallest absolute Gasteiger partial charge is 0.322 e. The van der Waals surface area contributed by atoms with Crippen molar-refractivity contribution in [1.29, 1.82) is 0 Å². The fraction of sp³-hybridized carbons (Fsp3) is 0.786. The van der Waals surface area contributed by atoms with Crippen LogP contribution in [0.2, 0.25) is 0 Å². The molecule has 1 aliphatic rings. The number of methoxy groups -OCH3 is 1. The van der Waals surface area contributed by atoms with Crippen molar-refractivity contribution in [3.05, 3.63) is 0 Å². The van der Waals surface area contributed by atoms with Crippen LogP contribution in [0, 0.1) is 5.41 Å². The van der Waals surface area contributed by atoms with Crippen molar-refractivity contribution in [2.75, 3.05) is 31.4 Å². The molecule has 0 aromatic carbocycles. The van der Waals surface area contributed by atoms with Crippen LogP contribution in [-0.4, -0.2) is 42.2 Å². The third kappa shape index (κ3) is 3.29. The van der Waals surface area contributed by atoms with Crippen LogP contribution in [0.3, 0.4) is 0 Å². The number of nitrogens with zero attached hydrogens (tertiary/aromatic N) is 4. The van der Waals surface area contributed by atoms with Gasteiger partial charge in [-0.05, 0) is 31.1 Å². The Bertz CT molecular complexity index is 431. The Balaban J connectivity index is 2.14. The Morgan fingerprint density at radius 3 is 2.40 bits per heavy atom. The normalized spacial score (nSPS) is 18.6. The lowest BCUT2D eigenvalue weighted by Gasteiger charge is -2.38. The second-order valence-corrected chi connectivity index (χ2v) is 6.20. The Morgan fingerprint density at radius 1 is 1.20 bits per heavy atom. The first kappa shape index (κ1) is 14.8. The summed E-state index contributed by atoms with van der Waals surface area (Å²) in [5.74, 6) is 1.21. The molecule has 6 heteroatoms. The molecular formula is C14H25N5O. The Hall–Kier alpha value is -1.59. The van der Waals surface area contributed by atoms with E-state index in [-0.39, 0.29) is 0 Å². The van der Waals surface area contributed by atoms with Crippen molar-refractivity contribution in [3.63, 3.8) is 0 Å². The zero-order valence-electron chi connectivity index (χ0n) is 13.1. The molecule has 0 aliphatic heterocycles. The van der Waals surface area contributed by atoms with Gasteiger partial charge in [0.2, 0.25) is 11.9 Å². The fourth-order valence-corrected chi connectivity index (χ4v) is 2.64.